The minimum Gasteiger partial charge on any atom is -0.296 e. The smallest absolute Gasteiger partial charge is 0.167 e. The van der Waals surface area contributed by atoms with Crippen LogP contribution in [0.25, 0.3) is 0 Å². The van der Waals surface area contributed by atoms with E-state index in [1.807, 2.05) is 0 Å². The molecule has 3 fully saturated rings. The van der Waals surface area contributed by atoms with Crippen LogP contribution in [-0.2, 0) is 4.79 Å². The summed E-state index contributed by atoms with van der Waals surface area (Å²) in [5, 5.41) is 0. The molecule has 0 radical (unpaired) electrons. The molecule has 0 aliphatic heterocycles. The number of halogens is 1. The molecule has 0 unspecified atom stereocenters. The molecular formula is C21H31FO. The highest BCUT2D eigenvalue weighted by molar-refractivity contribution is 5.83. The molecule has 0 N–H and O–H groups in total. The molecule has 4 rings (SSSR count). The van der Waals surface area contributed by atoms with Gasteiger partial charge in [-0.05, 0) is 80.0 Å². The molecule has 4 aliphatic rings. The number of alkyl halides is 1. The second-order valence-electron chi connectivity index (χ2n) is 9.24. The van der Waals surface area contributed by atoms with E-state index in [1.54, 1.807) is 5.57 Å². The number of hydrogen-bond acceptors (Lipinski definition) is 1. The van der Waals surface area contributed by atoms with Gasteiger partial charge in [-0.3, -0.25) is 4.79 Å². The summed E-state index contributed by atoms with van der Waals surface area (Å²) >= 11 is 0. The topological polar surface area (TPSA) is 17.1 Å². The quantitative estimate of drug-likeness (QED) is 0.615. The average Bonchev–Trinajstić information content (AvgIpc) is 2.91. The second kappa shape index (κ2) is 5.43. The molecule has 6 atom stereocenters. The second-order valence-corrected chi connectivity index (χ2v) is 9.24. The molecular weight excluding hydrogens is 287 g/mol. The molecule has 3 saturated carbocycles. The van der Waals surface area contributed by atoms with E-state index >= 15 is 0 Å². The van der Waals surface area contributed by atoms with Crippen molar-refractivity contribution < 1.29 is 9.18 Å². The summed E-state index contributed by atoms with van der Waals surface area (Å²) in [6.07, 6.45) is 13.7. The summed E-state index contributed by atoms with van der Waals surface area (Å²) < 4.78 is 13.0. The van der Waals surface area contributed by atoms with Gasteiger partial charge >= 0.3 is 0 Å². The third kappa shape index (κ3) is 2.12. The van der Waals surface area contributed by atoms with Crippen LogP contribution in [0.1, 0.15) is 71.6 Å². The third-order valence-electron chi connectivity index (χ3n) is 8.54. The Bertz CT molecular complexity index is 538. The SMILES string of the molecule is C[C@]12CC[C@H]3[C@@H](CC=C4CCCC[C@@]43C)[C@@H]1CC[C@@H]2C(=O)CF. The first-order valence-electron chi connectivity index (χ1n) is 9.79. The van der Waals surface area contributed by atoms with Crippen molar-refractivity contribution in [1.82, 2.24) is 0 Å². The van der Waals surface area contributed by atoms with Crippen LogP contribution in [-0.4, -0.2) is 12.5 Å². The van der Waals surface area contributed by atoms with Crippen molar-refractivity contribution in [1.29, 1.82) is 0 Å². The van der Waals surface area contributed by atoms with E-state index in [0.717, 1.165) is 31.1 Å². The van der Waals surface area contributed by atoms with E-state index in [4.69, 9.17) is 0 Å². The zero-order chi connectivity index (χ0) is 16.2. The van der Waals surface area contributed by atoms with Gasteiger partial charge in [0.25, 0.3) is 0 Å². The maximum atomic E-state index is 13.0. The van der Waals surface area contributed by atoms with Crippen molar-refractivity contribution >= 4 is 5.78 Å². The largest absolute Gasteiger partial charge is 0.296 e. The number of rotatable bonds is 2. The van der Waals surface area contributed by atoms with Crippen LogP contribution >= 0.6 is 0 Å². The summed E-state index contributed by atoms with van der Waals surface area (Å²) in [5.41, 5.74) is 2.23. The zero-order valence-electron chi connectivity index (χ0n) is 14.7. The van der Waals surface area contributed by atoms with Crippen LogP contribution in [0, 0.1) is 34.5 Å². The fourth-order valence-corrected chi connectivity index (χ4v) is 7.32. The maximum Gasteiger partial charge on any atom is 0.167 e. The zero-order valence-corrected chi connectivity index (χ0v) is 14.7. The number of Topliss-reactive ketones (excluding diaryl/α,β-unsaturated/α-hetero) is 1. The molecule has 0 spiro atoms. The molecule has 2 heteroatoms. The fourth-order valence-electron chi connectivity index (χ4n) is 7.32. The molecule has 128 valence electrons. The minimum atomic E-state index is -0.761. The predicted molar refractivity (Wildman–Crippen MR) is 90.8 cm³/mol. The summed E-state index contributed by atoms with van der Waals surface area (Å²) in [4.78, 5) is 12.1. The summed E-state index contributed by atoms with van der Waals surface area (Å²) in [6.45, 7) is 4.07. The lowest BCUT2D eigenvalue weighted by atomic mass is 9.47. The van der Waals surface area contributed by atoms with Gasteiger partial charge in [-0.2, -0.15) is 0 Å². The van der Waals surface area contributed by atoms with Crippen molar-refractivity contribution in [2.75, 3.05) is 6.67 Å². The lowest BCUT2D eigenvalue weighted by molar-refractivity contribution is -0.130. The molecule has 0 amide bonds. The van der Waals surface area contributed by atoms with Gasteiger partial charge in [-0.15, -0.1) is 0 Å². The first-order valence-corrected chi connectivity index (χ1v) is 9.79. The Morgan fingerprint density at radius 1 is 1.17 bits per heavy atom. The molecule has 0 saturated heterocycles. The lowest BCUT2D eigenvalue weighted by Crippen LogP contribution is -2.50. The van der Waals surface area contributed by atoms with Gasteiger partial charge in [0.2, 0.25) is 0 Å². The van der Waals surface area contributed by atoms with Crippen molar-refractivity contribution in [3.05, 3.63) is 11.6 Å². The fraction of sp³-hybridized carbons (Fsp3) is 0.857. The number of carbonyl (C=O) groups is 1. The molecule has 4 aliphatic carbocycles. The molecule has 0 bridgehead atoms. The third-order valence-corrected chi connectivity index (χ3v) is 8.54. The van der Waals surface area contributed by atoms with E-state index in [9.17, 15) is 9.18 Å². The molecule has 0 aromatic carbocycles. The molecule has 0 heterocycles. The maximum absolute atomic E-state index is 13.0. The molecule has 0 aromatic heterocycles. The van der Waals surface area contributed by atoms with Gasteiger partial charge in [0.15, 0.2) is 5.78 Å². The van der Waals surface area contributed by atoms with E-state index in [2.05, 4.69) is 19.9 Å². The Balaban J connectivity index is 1.65. The van der Waals surface area contributed by atoms with E-state index < -0.39 is 6.67 Å². The summed E-state index contributed by atoms with van der Waals surface area (Å²) in [7, 11) is 0. The Labute approximate surface area is 140 Å². The van der Waals surface area contributed by atoms with E-state index in [0.29, 0.717) is 11.3 Å². The number of carbonyl (C=O) groups excluding carboxylic acids is 1. The average molecular weight is 318 g/mol. The summed E-state index contributed by atoms with van der Waals surface area (Å²) in [6, 6.07) is 0. The molecule has 0 aromatic rings. The first kappa shape index (κ1) is 15.8. The minimum absolute atomic E-state index is 0.0111. The van der Waals surface area contributed by atoms with Crippen molar-refractivity contribution in [3.8, 4) is 0 Å². The first-order chi connectivity index (χ1) is 11.0. The number of ketones is 1. The Morgan fingerprint density at radius 2 is 2.00 bits per heavy atom. The number of hydrogen-bond donors (Lipinski definition) is 0. The van der Waals surface area contributed by atoms with Crippen molar-refractivity contribution in [2.45, 2.75) is 71.6 Å². The number of allylic oxidation sites excluding steroid dienone is 2. The van der Waals surface area contributed by atoms with Gasteiger partial charge < -0.3 is 0 Å². The van der Waals surface area contributed by atoms with Crippen LogP contribution in [0.15, 0.2) is 11.6 Å². The normalized spacial score (nSPS) is 48.9. The van der Waals surface area contributed by atoms with Crippen molar-refractivity contribution in [2.24, 2.45) is 34.5 Å². The predicted octanol–water partition coefficient (Wildman–Crippen LogP) is 5.49. The highest BCUT2D eigenvalue weighted by atomic mass is 19.1. The van der Waals surface area contributed by atoms with Crippen LogP contribution in [0.4, 0.5) is 4.39 Å². The van der Waals surface area contributed by atoms with Crippen LogP contribution in [0.3, 0.4) is 0 Å². The number of fused-ring (bicyclic) bond motifs is 5. The summed E-state index contributed by atoms with van der Waals surface area (Å²) in [5.74, 6) is 2.05. The van der Waals surface area contributed by atoms with Crippen molar-refractivity contribution in [3.63, 3.8) is 0 Å². The van der Waals surface area contributed by atoms with E-state index in [1.165, 1.54) is 38.5 Å². The van der Waals surface area contributed by atoms with Gasteiger partial charge in [0.05, 0.1) is 0 Å². The standard InChI is InChI=1S/C21H31FO/c1-20-11-4-3-5-14(20)6-7-15-16-8-9-18(19(23)13-22)21(16,2)12-10-17(15)20/h6,15-18H,3-5,7-13H2,1-2H3/t15-,16-,17-,18+,20-,21-/m0/s1. The highest BCUT2D eigenvalue weighted by Crippen LogP contribution is 2.66. The Kier molecular flexibility index (Phi) is 3.74. The molecule has 23 heavy (non-hydrogen) atoms. The van der Waals surface area contributed by atoms with Crippen LogP contribution < -0.4 is 0 Å². The van der Waals surface area contributed by atoms with Gasteiger partial charge in [-0.25, -0.2) is 4.39 Å². The monoisotopic (exact) mass is 318 g/mol. The van der Waals surface area contributed by atoms with Gasteiger partial charge in [-0.1, -0.05) is 31.9 Å². The van der Waals surface area contributed by atoms with E-state index in [-0.39, 0.29) is 17.1 Å². The van der Waals surface area contributed by atoms with Crippen LogP contribution in [0.2, 0.25) is 0 Å². The van der Waals surface area contributed by atoms with Crippen LogP contribution in [0.5, 0.6) is 0 Å². The molecule has 1 nitrogen and oxygen atoms in total. The van der Waals surface area contributed by atoms with Gasteiger partial charge in [0, 0.05) is 5.92 Å². The Hall–Kier alpha value is -0.660. The lowest BCUT2D eigenvalue weighted by Gasteiger charge is -2.57. The highest BCUT2D eigenvalue weighted by Gasteiger charge is 2.59. The van der Waals surface area contributed by atoms with Gasteiger partial charge in [0.1, 0.15) is 6.67 Å². The Morgan fingerprint density at radius 3 is 2.78 bits per heavy atom.